The van der Waals surface area contributed by atoms with Crippen LogP contribution in [0, 0.1) is 0 Å². The van der Waals surface area contributed by atoms with Crippen molar-refractivity contribution < 1.29 is 9.47 Å². The molecule has 1 N–H and O–H groups in total. The summed E-state index contributed by atoms with van der Waals surface area (Å²) in [6, 6.07) is 3.49. The lowest BCUT2D eigenvalue weighted by molar-refractivity contribution is 0.119. The van der Waals surface area contributed by atoms with E-state index in [2.05, 4.69) is 20.3 Å². The molecule has 2 heterocycles. The fourth-order valence-corrected chi connectivity index (χ4v) is 3.11. The molecule has 7 nitrogen and oxygen atoms in total. The number of halogens is 2. The Hall–Kier alpha value is -1.17. The van der Waals surface area contributed by atoms with Crippen molar-refractivity contribution in [1.82, 2.24) is 20.2 Å². The molecule has 150 valence electrons. The zero-order valence-corrected chi connectivity index (χ0v) is 19.7. The molecule has 0 amide bonds. The first-order valence-electron chi connectivity index (χ1n) is 8.16. The second-order valence-corrected chi connectivity index (χ2v) is 6.87. The molecule has 2 rings (SSSR count). The Kier molecular flexibility index (Phi) is 10.9. The second-order valence-electron chi connectivity index (χ2n) is 5.55. The quantitative estimate of drug-likeness (QED) is 0.246. The maximum Gasteiger partial charge on any atom is 0.213 e. The van der Waals surface area contributed by atoms with Gasteiger partial charge in [-0.3, -0.25) is 4.99 Å². The predicted octanol–water partition coefficient (Wildman–Crippen LogP) is 3.60. The minimum absolute atomic E-state index is 0. The average molecular weight is 526 g/mol. The molecule has 0 saturated heterocycles. The predicted molar refractivity (Wildman–Crippen MR) is 121 cm³/mol. The van der Waals surface area contributed by atoms with Crippen molar-refractivity contribution in [3.63, 3.8) is 0 Å². The van der Waals surface area contributed by atoms with E-state index in [0.717, 1.165) is 16.7 Å². The van der Waals surface area contributed by atoms with E-state index in [-0.39, 0.29) is 30.1 Å². The van der Waals surface area contributed by atoms with Crippen LogP contribution in [-0.2, 0) is 11.3 Å². The molecule has 2 aromatic heterocycles. The molecule has 0 aromatic carbocycles. The number of pyridine rings is 1. The molecule has 0 spiro atoms. The van der Waals surface area contributed by atoms with Gasteiger partial charge in [-0.1, -0.05) is 11.6 Å². The number of guanidine groups is 1. The van der Waals surface area contributed by atoms with Gasteiger partial charge in [-0.2, -0.15) is 0 Å². The molecule has 10 heteroatoms. The minimum atomic E-state index is 0. The Balaban J connectivity index is 0.00000364. The first kappa shape index (κ1) is 23.9. The topological polar surface area (TPSA) is 71.9 Å². The number of nitrogens with zero attached hydrogens (tertiary/aromatic N) is 4. The molecule has 0 radical (unpaired) electrons. The fourth-order valence-electron chi connectivity index (χ4n) is 2.15. The van der Waals surface area contributed by atoms with Gasteiger partial charge in [-0.15, -0.1) is 35.3 Å². The third kappa shape index (κ3) is 7.76. The highest BCUT2D eigenvalue weighted by molar-refractivity contribution is 14.0. The van der Waals surface area contributed by atoms with Gasteiger partial charge in [0.05, 0.1) is 23.8 Å². The highest BCUT2D eigenvalue weighted by atomic mass is 127. The number of rotatable bonds is 8. The number of nitrogens with one attached hydrogen (secondary N) is 1. The summed E-state index contributed by atoms with van der Waals surface area (Å²) in [6.45, 7) is 3.71. The zero-order valence-electron chi connectivity index (χ0n) is 15.8. The van der Waals surface area contributed by atoms with E-state index in [1.807, 2.05) is 24.3 Å². The van der Waals surface area contributed by atoms with E-state index in [1.54, 1.807) is 43.8 Å². The Bertz CT molecular complexity index is 714. The van der Waals surface area contributed by atoms with Crippen LogP contribution < -0.4 is 10.1 Å². The molecular weight excluding hydrogens is 501 g/mol. The van der Waals surface area contributed by atoms with Crippen LogP contribution in [0.25, 0.3) is 0 Å². The van der Waals surface area contributed by atoms with Gasteiger partial charge in [0.15, 0.2) is 5.96 Å². The van der Waals surface area contributed by atoms with Crippen LogP contribution >= 0.6 is 46.9 Å². The lowest BCUT2D eigenvalue weighted by atomic mass is 10.4. The summed E-state index contributed by atoms with van der Waals surface area (Å²) in [6.07, 6.45) is 1.57. The van der Waals surface area contributed by atoms with E-state index in [4.69, 9.17) is 21.1 Å². The minimum Gasteiger partial charge on any atom is -0.476 e. The Labute approximate surface area is 186 Å². The summed E-state index contributed by atoms with van der Waals surface area (Å²) in [5, 5.41) is 6.87. The van der Waals surface area contributed by atoms with Gasteiger partial charge in [0.25, 0.3) is 0 Å². The fraction of sp³-hybridized carbons (Fsp3) is 0.471. The molecule has 0 saturated carbocycles. The van der Waals surface area contributed by atoms with E-state index in [0.29, 0.717) is 30.6 Å². The number of thiazole rings is 1. The molecule has 0 aliphatic carbocycles. The molecule has 0 aliphatic rings. The summed E-state index contributed by atoms with van der Waals surface area (Å²) in [5.41, 5.74) is 0.987. The van der Waals surface area contributed by atoms with Crippen LogP contribution in [-0.4, -0.2) is 55.2 Å². The number of hydrogen-bond acceptors (Lipinski definition) is 6. The number of aromatic nitrogens is 2. The van der Waals surface area contributed by atoms with E-state index < -0.39 is 0 Å². The summed E-state index contributed by atoms with van der Waals surface area (Å²) in [7, 11) is 5.40. The summed E-state index contributed by atoms with van der Waals surface area (Å²) < 4.78 is 10.9. The SMILES string of the molecule is CN=C(NCCOc1ccc(Cl)cn1)N(C)Cc1csc(C(C)OC)n1.I. The standard InChI is InChI=1S/C17H24ClN5O2S.HI/c1-12(24-4)16-22-14(11-26-16)10-23(3)17(19-2)20-7-8-25-15-6-5-13(18)9-21-15;/h5-6,9,11-12H,7-8,10H2,1-4H3,(H,19,20);1H. The van der Waals surface area contributed by atoms with Crippen LogP contribution in [0.5, 0.6) is 5.88 Å². The largest absolute Gasteiger partial charge is 0.476 e. The van der Waals surface area contributed by atoms with Crippen molar-refractivity contribution in [2.24, 2.45) is 4.99 Å². The molecular formula is C17H25ClIN5O2S. The van der Waals surface area contributed by atoms with E-state index >= 15 is 0 Å². The Morgan fingerprint density at radius 2 is 2.22 bits per heavy atom. The van der Waals surface area contributed by atoms with Crippen molar-refractivity contribution in [2.75, 3.05) is 34.4 Å². The van der Waals surface area contributed by atoms with Gasteiger partial charge < -0.3 is 19.7 Å². The highest BCUT2D eigenvalue weighted by Gasteiger charge is 2.12. The van der Waals surface area contributed by atoms with Crippen LogP contribution in [0.4, 0.5) is 0 Å². The van der Waals surface area contributed by atoms with Gasteiger partial charge in [-0.05, 0) is 13.0 Å². The first-order valence-corrected chi connectivity index (χ1v) is 9.42. The van der Waals surface area contributed by atoms with Crippen LogP contribution in [0.2, 0.25) is 5.02 Å². The third-order valence-electron chi connectivity index (χ3n) is 3.58. The average Bonchev–Trinajstić information content (AvgIpc) is 3.11. The normalized spacial score (nSPS) is 12.3. The van der Waals surface area contributed by atoms with Crippen LogP contribution in [0.3, 0.4) is 0 Å². The van der Waals surface area contributed by atoms with E-state index in [9.17, 15) is 0 Å². The summed E-state index contributed by atoms with van der Waals surface area (Å²) in [4.78, 5) is 15.0. The van der Waals surface area contributed by atoms with Gasteiger partial charge in [0.1, 0.15) is 17.7 Å². The smallest absolute Gasteiger partial charge is 0.213 e. The molecule has 2 aromatic rings. The Morgan fingerprint density at radius 1 is 1.44 bits per heavy atom. The molecule has 0 fully saturated rings. The van der Waals surface area contributed by atoms with Crippen molar-refractivity contribution in [2.45, 2.75) is 19.6 Å². The maximum absolute atomic E-state index is 5.80. The number of methoxy groups -OCH3 is 1. The summed E-state index contributed by atoms with van der Waals surface area (Å²) in [5.74, 6) is 1.31. The van der Waals surface area contributed by atoms with Crippen molar-refractivity contribution >= 4 is 52.9 Å². The number of ether oxygens (including phenoxy) is 2. The zero-order chi connectivity index (χ0) is 18.9. The first-order chi connectivity index (χ1) is 12.5. The number of aliphatic imine (C=N–C) groups is 1. The van der Waals surface area contributed by atoms with Crippen LogP contribution in [0.15, 0.2) is 28.7 Å². The van der Waals surface area contributed by atoms with Gasteiger partial charge >= 0.3 is 0 Å². The molecule has 0 aliphatic heterocycles. The van der Waals surface area contributed by atoms with Gasteiger partial charge in [0, 0.05) is 38.8 Å². The summed E-state index contributed by atoms with van der Waals surface area (Å²) >= 11 is 7.40. The maximum atomic E-state index is 5.80. The monoisotopic (exact) mass is 525 g/mol. The van der Waals surface area contributed by atoms with E-state index in [1.165, 1.54) is 0 Å². The molecule has 1 unspecified atom stereocenters. The van der Waals surface area contributed by atoms with Gasteiger partial charge in [0.2, 0.25) is 5.88 Å². The van der Waals surface area contributed by atoms with Crippen molar-refractivity contribution in [1.29, 1.82) is 0 Å². The molecule has 27 heavy (non-hydrogen) atoms. The highest BCUT2D eigenvalue weighted by Crippen LogP contribution is 2.20. The second kappa shape index (κ2) is 12.3. The van der Waals surface area contributed by atoms with Crippen molar-refractivity contribution in [3.8, 4) is 5.88 Å². The van der Waals surface area contributed by atoms with Gasteiger partial charge in [-0.25, -0.2) is 9.97 Å². The molecule has 0 bridgehead atoms. The lowest BCUT2D eigenvalue weighted by Gasteiger charge is -2.21. The Morgan fingerprint density at radius 3 is 2.85 bits per heavy atom. The van der Waals surface area contributed by atoms with Crippen LogP contribution in [0.1, 0.15) is 23.7 Å². The molecule has 1 atom stereocenters. The lowest BCUT2D eigenvalue weighted by Crippen LogP contribution is -2.40. The third-order valence-corrected chi connectivity index (χ3v) is 4.86. The van der Waals surface area contributed by atoms with Crippen molar-refractivity contribution in [3.05, 3.63) is 39.4 Å². The number of hydrogen-bond donors (Lipinski definition) is 1.